The van der Waals surface area contributed by atoms with Crippen molar-refractivity contribution >= 4 is 21.9 Å². The summed E-state index contributed by atoms with van der Waals surface area (Å²) in [4.78, 5) is 16.4. The Balaban J connectivity index is 1.66. The molecule has 2 rings (SSSR count). The SMILES string of the molecule is C[C@@H](CN1CCN(C)CC1)OC(=O)COc1ccc(Br)cc1. The lowest BCUT2D eigenvalue weighted by Crippen LogP contribution is -2.47. The molecule has 122 valence electrons. The summed E-state index contributed by atoms with van der Waals surface area (Å²) in [5.41, 5.74) is 0. The Morgan fingerprint density at radius 2 is 1.86 bits per heavy atom. The minimum atomic E-state index is -0.329. The highest BCUT2D eigenvalue weighted by Gasteiger charge is 2.18. The van der Waals surface area contributed by atoms with Gasteiger partial charge >= 0.3 is 5.97 Å². The molecule has 0 bridgehead atoms. The maximum absolute atomic E-state index is 11.8. The van der Waals surface area contributed by atoms with Crippen molar-refractivity contribution in [2.24, 2.45) is 0 Å². The van der Waals surface area contributed by atoms with E-state index in [0.717, 1.165) is 37.2 Å². The van der Waals surface area contributed by atoms with Crippen molar-refractivity contribution in [3.05, 3.63) is 28.7 Å². The molecule has 1 fully saturated rings. The van der Waals surface area contributed by atoms with Gasteiger partial charge in [-0.15, -0.1) is 0 Å². The van der Waals surface area contributed by atoms with E-state index in [2.05, 4.69) is 32.8 Å². The average Bonchev–Trinajstić information content (AvgIpc) is 2.49. The Kier molecular flexibility index (Phi) is 6.67. The van der Waals surface area contributed by atoms with Crippen molar-refractivity contribution in [2.45, 2.75) is 13.0 Å². The molecule has 1 aromatic carbocycles. The second-order valence-electron chi connectivity index (χ2n) is 5.65. The number of esters is 1. The van der Waals surface area contributed by atoms with Crippen LogP contribution in [0.4, 0.5) is 0 Å². The molecule has 5 nitrogen and oxygen atoms in total. The second kappa shape index (κ2) is 8.50. The maximum Gasteiger partial charge on any atom is 0.344 e. The van der Waals surface area contributed by atoms with Gasteiger partial charge in [0.05, 0.1) is 0 Å². The van der Waals surface area contributed by atoms with Crippen molar-refractivity contribution in [3.63, 3.8) is 0 Å². The quantitative estimate of drug-likeness (QED) is 0.716. The lowest BCUT2D eigenvalue weighted by Gasteiger charge is -2.33. The smallest absolute Gasteiger partial charge is 0.344 e. The molecule has 1 aliphatic heterocycles. The fraction of sp³-hybridized carbons (Fsp3) is 0.562. The fourth-order valence-electron chi connectivity index (χ4n) is 2.36. The molecule has 6 heteroatoms. The van der Waals surface area contributed by atoms with Gasteiger partial charge in [0.25, 0.3) is 0 Å². The first kappa shape index (κ1) is 17.2. The van der Waals surface area contributed by atoms with Gasteiger partial charge in [0.1, 0.15) is 11.9 Å². The van der Waals surface area contributed by atoms with Crippen LogP contribution in [0.3, 0.4) is 0 Å². The van der Waals surface area contributed by atoms with E-state index in [9.17, 15) is 4.79 Å². The summed E-state index contributed by atoms with van der Waals surface area (Å²) < 4.78 is 11.8. The first-order valence-electron chi connectivity index (χ1n) is 7.51. The molecule has 0 aliphatic carbocycles. The normalized spacial score (nSPS) is 18.0. The van der Waals surface area contributed by atoms with Crippen LogP contribution in [0.15, 0.2) is 28.7 Å². The summed E-state index contributed by atoms with van der Waals surface area (Å²) in [6.07, 6.45) is -0.121. The van der Waals surface area contributed by atoms with Crippen LogP contribution < -0.4 is 4.74 Å². The molecule has 1 aliphatic rings. The van der Waals surface area contributed by atoms with E-state index in [0.29, 0.717) is 5.75 Å². The molecule has 1 aromatic rings. The van der Waals surface area contributed by atoms with Gasteiger partial charge in [-0.25, -0.2) is 4.79 Å². The third-order valence-electron chi connectivity index (χ3n) is 3.61. The lowest BCUT2D eigenvalue weighted by molar-refractivity contribution is -0.151. The summed E-state index contributed by atoms with van der Waals surface area (Å²) in [5, 5.41) is 0. The molecule has 1 atom stereocenters. The van der Waals surface area contributed by atoms with E-state index in [1.807, 2.05) is 31.2 Å². The van der Waals surface area contributed by atoms with Crippen LogP contribution in [0.2, 0.25) is 0 Å². The van der Waals surface area contributed by atoms with Crippen molar-refractivity contribution in [1.82, 2.24) is 9.80 Å². The van der Waals surface area contributed by atoms with E-state index < -0.39 is 0 Å². The number of piperazine rings is 1. The van der Waals surface area contributed by atoms with Gasteiger partial charge in [-0.1, -0.05) is 15.9 Å². The van der Waals surface area contributed by atoms with Gasteiger partial charge < -0.3 is 14.4 Å². The topological polar surface area (TPSA) is 42.0 Å². The number of carbonyl (C=O) groups excluding carboxylic acids is 1. The van der Waals surface area contributed by atoms with E-state index in [-0.39, 0.29) is 18.7 Å². The maximum atomic E-state index is 11.8. The minimum Gasteiger partial charge on any atom is -0.482 e. The highest BCUT2D eigenvalue weighted by atomic mass is 79.9. The molecule has 1 saturated heterocycles. The molecule has 0 saturated carbocycles. The van der Waals surface area contributed by atoms with E-state index in [1.165, 1.54) is 0 Å². The van der Waals surface area contributed by atoms with Gasteiger partial charge in [0.15, 0.2) is 6.61 Å². The van der Waals surface area contributed by atoms with Gasteiger partial charge in [0, 0.05) is 37.2 Å². The number of ether oxygens (including phenoxy) is 2. The zero-order chi connectivity index (χ0) is 15.9. The van der Waals surface area contributed by atoms with E-state index in [4.69, 9.17) is 9.47 Å². The van der Waals surface area contributed by atoms with Gasteiger partial charge in [-0.3, -0.25) is 4.90 Å². The number of carbonyl (C=O) groups is 1. The summed E-state index contributed by atoms with van der Waals surface area (Å²) in [7, 11) is 2.13. The molecule has 0 radical (unpaired) electrons. The number of hydrogen-bond acceptors (Lipinski definition) is 5. The van der Waals surface area contributed by atoms with Gasteiger partial charge in [-0.05, 0) is 38.2 Å². The fourth-order valence-corrected chi connectivity index (χ4v) is 2.63. The number of halogens is 1. The van der Waals surface area contributed by atoms with Crippen LogP contribution in [0.5, 0.6) is 5.75 Å². The number of benzene rings is 1. The molecule has 0 aromatic heterocycles. The summed E-state index contributed by atoms with van der Waals surface area (Å²) in [6, 6.07) is 7.36. The summed E-state index contributed by atoms with van der Waals surface area (Å²) in [6.45, 7) is 6.81. The van der Waals surface area contributed by atoms with E-state index >= 15 is 0 Å². The van der Waals surface area contributed by atoms with Crippen LogP contribution in [-0.4, -0.2) is 68.3 Å². The molecule has 22 heavy (non-hydrogen) atoms. The molecule has 1 heterocycles. The first-order valence-corrected chi connectivity index (χ1v) is 8.31. The molecule has 0 unspecified atom stereocenters. The van der Waals surface area contributed by atoms with Crippen molar-refractivity contribution in [3.8, 4) is 5.75 Å². The standard InChI is InChI=1S/C16H23BrN2O3/c1-13(11-19-9-7-18(2)8-10-19)22-16(20)12-21-15-5-3-14(17)4-6-15/h3-6,13H,7-12H2,1-2H3/t13-/m0/s1. The third kappa shape index (κ3) is 5.94. The predicted molar refractivity (Wildman–Crippen MR) is 89.1 cm³/mol. The number of likely N-dealkylation sites (N-methyl/N-ethyl adjacent to an activating group) is 1. The lowest BCUT2D eigenvalue weighted by atomic mass is 10.3. The van der Waals surface area contributed by atoms with Crippen LogP contribution >= 0.6 is 15.9 Å². The van der Waals surface area contributed by atoms with Crippen LogP contribution in [0.1, 0.15) is 6.92 Å². The van der Waals surface area contributed by atoms with Gasteiger partial charge in [0.2, 0.25) is 0 Å². The van der Waals surface area contributed by atoms with Crippen molar-refractivity contribution < 1.29 is 14.3 Å². The Morgan fingerprint density at radius 3 is 2.50 bits per heavy atom. The molecule has 0 amide bonds. The van der Waals surface area contributed by atoms with Crippen LogP contribution in [0.25, 0.3) is 0 Å². The highest BCUT2D eigenvalue weighted by molar-refractivity contribution is 9.10. The zero-order valence-corrected chi connectivity index (χ0v) is 14.7. The Morgan fingerprint density at radius 1 is 1.23 bits per heavy atom. The monoisotopic (exact) mass is 370 g/mol. The van der Waals surface area contributed by atoms with Crippen LogP contribution in [0, 0.1) is 0 Å². The second-order valence-corrected chi connectivity index (χ2v) is 6.56. The Hall–Kier alpha value is -1.11. The highest BCUT2D eigenvalue weighted by Crippen LogP contribution is 2.16. The van der Waals surface area contributed by atoms with Crippen molar-refractivity contribution in [1.29, 1.82) is 0 Å². The molecule has 0 spiro atoms. The molecule has 0 N–H and O–H groups in total. The minimum absolute atomic E-state index is 0.0608. The van der Waals surface area contributed by atoms with Crippen molar-refractivity contribution in [2.75, 3.05) is 46.4 Å². The largest absolute Gasteiger partial charge is 0.482 e. The first-order chi connectivity index (χ1) is 10.5. The Bertz CT molecular complexity index is 473. The van der Waals surface area contributed by atoms with Gasteiger partial charge in [-0.2, -0.15) is 0 Å². The number of nitrogens with zero attached hydrogens (tertiary/aromatic N) is 2. The summed E-state index contributed by atoms with van der Waals surface area (Å²) >= 11 is 3.35. The van der Waals surface area contributed by atoms with E-state index in [1.54, 1.807) is 0 Å². The molecular weight excluding hydrogens is 348 g/mol. The third-order valence-corrected chi connectivity index (χ3v) is 4.14. The number of hydrogen-bond donors (Lipinski definition) is 0. The predicted octanol–water partition coefficient (Wildman–Crippen LogP) is 2.01. The Labute approximate surface area is 140 Å². The summed E-state index contributed by atoms with van der Waals surface area (Å²) in [5.74, 6) is 0.330. The number of rotatable bonds is 6. The zero-order valence-electron chi connectivity index (χ0n) is 13.1. The average molecular weight is 371 g/mol. The molecular formula is C16H23BrN2O3. The van der Waals surface area contributed by atoms with Crippen LogP contribution in [-0.2, 0) is 9.53 Å².